The van der Waals surface area contributed by atoms with Crippen molar-refractivity contribution in [1.29, 1.82) is 0 Å². The van der Waals surface area contributed by atoms with Gasteiger partial charge in [-0.15, -0.1) is 0 Å². The molecule has 29 heavy (non-hydrogen) atoms. The van der Waals surface area contributed by atoms with E-state index in [1.165, 1.54) is 46.8 Å². The molecule has 0 spiro atoms. The number of carbonyl (C=O) groups is 1. The summed E-state index contributed by atoms with van der Waals surface area (Å²) < 4.78 is 26.8. The van der Waals surface area contributed by atoms with Gasteiger partial charge in [0.2, 0.25) is 10.0 Å². The lowest BCUT2D eigenvalue weighted by molar-refractivity contribution is -0.384. The number of benzene rings is 2. The zero-order valence-electron chi connectivity index (χ0n) is 15.5. The Hall–Kier alpha value is -2.49. The normalized spacial score (nSPS) is 15.1. The fourth-order valence-corrected chi connectivity index (χ4v) is 4.82. The van der Waals surface area contributed by atoms with Crippen LogP contribution in [0.5, 0.6) is 0 Å². The number of halogens is 1. The number of anilines is 1. The second-order valence-electron chi connectivity index (χ2n) is 6.69. The van der Waals surface area contributed by atoms with Crippen molar-refractivity contribution in [3.05, 3.63) is 63.2 Å². The number of hydrogen-bond donors (Lipinski definition) is 1. The summed E-state index contributed by atoms with van der Waals surface area (Å²) in [7, 11) is -3.55. The highest BCUT2D eigenvalue weighted by Crippen LogP contribution is 2.27. The van der Waals surface area contributed by atoms with Crippen LogP contribution in [0.4, 0.5) is 11.4 Å². The predicted octanol–water partition coefficient (Wildman–Crippen LogP) is 3.72. The van der Waals surface area contributed by atoms with E-state index in [-0.39, 0.29) is 27.9 Å². The monoisotopic (exact) mass is 437 g/mol. The van der Waals surface area contributed by atoms with Gasteiger partial charge < -0.3 is 5.32 Å². The molecule has 1 aliphatic rings. The van der Waals surface area contributed by atoms with Gasteiger partial charge >= 0.3 is 0 Å². The average Bonchev–Trinajstić information content (AvgIpc) is 2.73. The van der Waals surface area contributed by atoms with E-state index in [0.717, 1.165) is 19.3 Å². The van der Waals surface area contributed by atoms with Gasteiger partial charge in [-0.2, -0.15) is 4.31 Å². The molecule has 0 atom stereocenters. The first-order valence-corrected chi connectivity index (χ1v) is 10.9. The number of hydrogen-bond acceptors (Lipinski definition) is 6. The van der Waals surface area contributed by atoms with Crippen molar-refractivity contribution in [2.24, 2.45) is 0 Å². The zero-order valence-corrected chi connectivity index (χ0v) is 17.1. The average molecular weight is 438 g/mol. The summed E-state index contributed by atoms with van der Waals surface area (Å²) in [5.41, 5.74) is 0.480. The number of sulfonamides is 1. The minimum Gasteiger partial charge on any atom is -0.377 e. The van der Waals surface area contributed by atoms with E-state index in [1.807, 2.05) is 0 Å². The molecule has 1 heterocycles. The van der Waals surface area contributed by atoms with E-state index in [4.69, 9.17) is 11.6 Å². The zero-order chi connectivity index (χ0) is 21.0. The van der Waals surface area contributed by atoms with Crippen molar-refractivity contribution >= 4 is 38.8 Å². The van der Waals surface area contributed by atoms with Crippen LogP contribution in [0.1, 0.15) is 29.6 Å². The predicted molar refractivity (Wildman–Crippen MR) is 110 cm³/mol. The van der Waals surface area contributed by atoms with E-state index in [9.17, 15) is 23.3 Å². The Morgan fingerprint density at radius 2 is 1.76 bits per heavy atom. The maximum atomic E-state index is 12.7. The van der Waals surface area contributed by atoms with Gasteiger partial charge in [0.05, 0.1) is 16.4 Å². The SMILES string of the molecule is O=C(CNc1ccc(Cl)c([N+](=O)[O-])c1)c1ccc(S(=O)(=O)N2CCCCC2)cc1. The van der Waals surface area contributed by atoms with Gasteiger partial charge in [-0.05, 0) is 49.2 Å². The molecular weight excluding hydrogens is 418 g/mol. The van der Waals surface area contributed by atoms with Gasteiger partial charge in [0.15, 0.2) is 5.78 Å². The second-order valence-corrected chi connectivity index (χ2v) is 9.03. The summed E-state index contributed by atoms with van der Waals surface area (Å²) in [6, 6.07) is 10.00. The summed E-state index contributed by atoms with van der Waals surface area (Å²) in [5, 5.41) is 13.8. The number of piperidine rings is 1. The summed E-state index contributed by atoms with van der Waals surface area (Å²) in [6.45, 7) is 0.928. The molecule has 0 aromatic heterocycles. The van der Waals surface area contributed by atoms with Gasteiger partial charge in [0.25, 0.3) is 5.69 Å². The highest BCUT2D eigenvalue weighted by Gasteiger charge is 2.26. The number of nitro groups is 1. The summed E-state index contributed by atoms with van der Waals surface area (Å²) >= 11 is 5.77. The van der Waals surface area contributed by atoms with Gasteiger partial charge in [-0.1, -0.05) is 18.0 Å². The smallest absolute Gasteiger partial charge is 0.289 e. The number of nitro benzene ring substituents is 1. The maximum absolute atomic E-state index is 12.7. The lowest BCUT2D eigenvalue weighted by Gasteiger charge is -2.25. The largest absolute Gasteiger partial charge is 0.377 e. The van der Waals surface area contributed by atoms with Crippen molar-refractivity contribution in [3.8, 4) is 0 Å². The fourth-order valence-electron chi connectivity index (χ4n) is 3.11. The van der Waals surface area contributed by atoms with Crippen LogP contribution in [0.2, 0.25) is 5.02 Å². The summed E-state index contributed by atoms with van der Waals surface area (Å²) in [6.07, 6.45) is 2.73. The van der Waals surface area contributed by atoms with Crippen LogP contribution >= 0.6 is 11.6 Å². The minimum absolute atomic E-state index is 0.0115. The lowest BCUT2D eigenvalue weighted by Crippen LogP contribution is -2.35. The molecule has 1 aliphatic heterocycles. The second kappa shape index (κ2) is 8.89. The summed E-state index contributed by atoms with van der Waals surface area (Å²) in [5.74, 6) is -0.274. The Morgan fingerprint density at radius 1 is 1.10 bits per heavy atom. The molecule has 0 amide bonds. The van der Waals surface area contributed by atoms with Crippen LogP contribution in [-0.2, 0) is 10.0 Å². The molecule has 0 unspecified atom stereocenters. The van der Waals surface area contributed by atoms with Crippen LogP contribution < -0.4 is 5.32 Å². The maximum Gasteiger partial charge on any atom is 0.289 e. The molecule has 8 nitrogen and oxygen atoms in total. The third kappa shape index (κ3) is 4.92. The number of nitrogens with zero attached hydrogens (tertiary/aromatic N) is 2. The van der Waals surface area contributed by atoms with E-state index >= 15 is 0 Å². The molecule has 1 saturated heterocycles. The molecule has 154 valence electrons. The molecule has 10 heteroatoms. The number of carbonyl (C=O) groups excluding carboxylic acids is 1. The highest BCUT2D eigenvalue weighted by atomic mass is 35.5. The molecule has 1 N–H and O–H groups in total. The van der Waals surface area contributed by atoms with E-state index in [1.54, 1.807) is 0 Å². The molecule has 1 fully saturated rings. The van der Waals surface area contributed by atoms with Crippen molar-refractivity contribution in [3.63, 3.8) is 0 Å². The Bertz CT molecular complexity index is 1020. The Kier molecular flexibility index (Phi) is 6.51. The molecule has 0 radical (unpaired) electrons. The molecule has 3 rings (SSSR count). The van der Waals surface area contributed by atoms with Gasteiger partial charge in [0, 0.05) is 30.4 Å². The lowest BCUT2D eigenvalue weighted by atomic mass is 10.1. The first-order valence-electron chi connectivity index (χ1n) is 9.10. The van der Waals surface area contributed by atoms with Gasteiger partial charge in [-0.25, -0.2) is 8.42 Å². The molecule has 2 aromatic carbocycles. The fraction of sp³-hybridized carbons (Fsp3) is 0.316. The van der Waals surface area contributed by atoms with Crippen molar-refractivity contribution in [2.45, 2.75) is 24.2 Å². The topological polar surface area (TPSA) is 110 Å². The van der Waals surface area contributed by atoms with Gasteiger partial charge in [-0.3, -0.25) is 14.9 Å². The van der Waals surface area contributed by atoms with Crippen molar-refractivity contribution in [2.75, 3.05) is 25.0 Å². The quantitative estimate of drug-likeness (QED) is 0.401. The Labute approximate surface area is 173 Å². The highest BCUT2D eigenvalue weighted by molar-refractivity contribution is 7.89. The number of rotatable bonds is 7. The van der Waals surface area contributed by atoms with Crippen molar-refractivity contribution in [1.82, 2.24) is 4.31 Å². The van der Waals surface area contributed by atoms with Crippen molar-refractivity contribution < 1.29 is 18.1 Å². The Morgan fingerprint density at radius 3 is 2.38 bits per heavy atom. The van der Waals surface area contributed by atoms with Gasteiger partial charge in [0.1, 0.15) is 5.02 Å². The standard InChI is InChI=1S/C19H20ClN3O5S/c20-17-9-6-15(12-18(17)23(25)26)21-13-19(24)14-4-7-16(8-5-14)29(27,28)22-10-2-1-3-11-22/h4-9,12,21H,1-3,10-11,13H2. The Balaban J connectivity index is 1.66. The third-order valence-electron chi connectivity index (χ3n) is 4.72. The van der Waals surface area contributed by atoms with Crippen LogP contribution in [-0.4, -0.2) is 43.1 Å². The molecule has 2 aromatic rings. The van der Waals surface area contributed by atoms with E-state index in [0.29, 0.717) is 24.3 Å². The van der Waals surface area contributed by atoms with Crippen LogP contribution in [0.25, 0.3) is 0 Å². The molecule has 0 saturated carbocycles. The third-order valence-corrected chi connectivity index (χ3v) is 6.96. The number of nitrogens with one attached hydrogen (secondary N) is 1. The van der Waals surface area contributed by atoms with E-state index in [2.05, 4.69) is 5.32 Å². The van der Waals surface area contributed by atoms with Crippen LogP contribution in [0.3, 0.4) is 0 Å². The number of ketones is 1. The first kappa shape index (κ1) is 21.2. The first-order chi connectivity index (χ1) is 13.8. The number of Topliss-reactive ketones (excluding diaryl/α,β-unsaturated/α-hetero) is 1. The van der Waals surface area contributed by atoms with Crippen LogP contribution in [0, 0.1) is 10.1 Å². The van der Waals surface area contributed by atoms with E-state index < -0.39 is 14.9 Å². The molecule has 0 aliphatic carbocycles. The summed E-state index contributed by atoms with van der Waals surface area (Å²) in [4.78, 5) is 22.9. The minimum atomic E-state index is -3.55. The van der Waals surface area contributed by atoms with Crippen LogP contribution in [0.15, 0.2) is 47.4 Å². The molecular formula is C19H20ClN3O5S. The molecule has 0 bridgehead atoms.